The molecule has 158 valence electrons. The smallest absolute Gasteiger partial charge is 0.366 e. The third kappa shape index (κ3) is 4.50. The second-order valence-electron chi connectivity index (χ2n) is 6.00. The maximum atomic E-state index is 13.5. The van der Waals surface area contributed by atoms with Crippen molar-refractivity contribution in [2.75, 3.05) is 5.73 Å². The molecule has 1 aromatic carbocycles. The van der Waals surface area contributed by atoms with Crippen molar-refractivity contribution in [1.82, 2.24) is 25.5 Å². The molecule has 4 N–H and O–H groups in total. The SMILES string of the molecule is Nc1n[nH]c(C(=O)N[C@@H](c2ccc(C(F)(F)F)cc2)c2ncccc2C(F)(F)F)n1. The van der Waals surface area contributed by atoms with E-state index in [-0.39, 0.29) is 11.5 Å². The Bertz CT molecular complexity index is 1040. The predicted molar refractivity (Wildman–Crippen MR) is 90.8 cm³/mol. The van der Waals surface area contributed by atoms with Crippen LogP contribution < -0.4 is 11.1 Å². The minimum absolute atomic E-state index is 0.0620. The van der Waals surface area contributed by atoms with Gasteiger partial charge in [0.1, 0.15) is 0 Å². The standard InChI is InChI=1S/C17H12F6N6O/c18-16(19,20)9-5-3-8(4-6-9)11(26-14(30)13-27-15(24)29-28-13)12-10(17(21,22)23)2-1-7-25-12/h1-7,11H,(H,26,30)(H3,24,27,28,29)/t11-/m0/s1. The molecule has 0 unspecified atom stereocenters. The number of amides is 1. The molecule has 0 saturated heterocycles. The first-order chi connectivity index (χ1) is 14.0. The molecule has 2 heterocycles. The first-order valence-electron chi connectivity index (χ1n) is 8.15. The number of alkyl halides is 6. The first-order valence-corrected chi connectivity index (χ1v) is 8.15. The molecule has 0 aliphatic carbocycles. The number of benzene rings is 1. The molecular weight excluding hydrogens is 418 g/mol. The summed E-state index contributed by atoms with van der Waals surface area (Å²) in [5, 5.41) is 7.92. The van der Waals surface area contributed by atoms with Gasteiger partial charge >= 0.3 is 12.4 Å². The Morgan fingerprint density at radius 1 is 1.03 bits per heavy atom. The highest BCUT2D eigenvalue weighted by atomic mass is 19.4. The molecule has 0 saturated carbocycles. The summed E-state index contributed by atoms with van der Waals surface area (Å²) in [7, 11) is 0. The van der Waals surface area contributed by atoms with E-state index >= 15 is 0 Å². The summed E-state index contributed by atoms with van der Waals surface area (Å²) in [5.41, 5.74) is 2.48. The molecule has 3 rings (SSSR count). The highest BCUT2D eigenvalue weighted by Crippen LogP contribution is 2.36. The van der Waals surface area contributed by atoms with Gasteiger partial charge in [-0.2, -0.15) is 31.3 Å². The van der Waals surface area contributed by atoms with Crippen molar-refractivity contribution in [1.29, 1.82) is 0 Å². The Balaban J connectivity index is 2.07. The lowest BCUT2D eigenvalue weighted by Crippen LogP contribution is -2.32. The maximum Gasteiger partial charge on any atom is 0.418 e. The van der Waals surface area contributed by atoms with E-state index in [0.29, 0.717) is 12.1 Å². The summed E-state index contributed by atoms with van der Waals surface area (Å²) >= 11 is 0. The zero-order valence-electron chi connectivity index (χ0n) is 14.7. The van der Waals surface area contributed by atoms with Crippen LogP contribution in [0, 0.1) is 0 Å². The molecule has 13 heteroatoms. The third-order valence-electron chi connectivity index (χ3n) is 3.98. The van der Waals surface area contributed by atoms with E-state index in [1.165, 1.54) is 0 Å². The van der Waals surface area contributed by atoms with Crippen LogP contribution in [0.15, 0.2) is 42.6 Å². The lowest BCUT2D eigenvalue weighted by atomic mass is 9.97. The summed E-state index contributed by atoms with van der Waals surface area (Å²) in [6.45, 7) is 0. The van der Waals surface area contributed by atoms with Crippen LogP contribution in [-0.4, -0.2) is 26.1 Å². The van der Waals surface area contributed by atoms with Gasteiger partial charge in [0.25, 0.3) is 5.91 Å². The van der Waals surface area contributed by atoms with Gasteiger partial charge in [-0.3, -0.25) is 14.9 Å². The van der Waals surface area contributed by atoms with E-state index in [1.807, 2.05) is 0 Å². The zero-order valence-corrected chi connectivity index (χ0v) is 14.7. The topological polar surface area (TPSA) is 110 Å². The number of nitrogens with one attached hydrogen (secondary N) is 2. The van der Waals surface area contributed by atoms with Gasteiger partial charge in [0.05, 0.1) is 22.9 Å². The van der Waals surface area contributed by atoms with Crippen LogP contribution in [0.25, 0.3) is 0 Å². The molecule has 0 aliphatic heterocycles. The lowest BCUT2D eigenvalue weighted by molar-refractivity contribution is -0.139. The van der Waals surface area contributed by atoms with Crippen molar-refractivity contribution in [3.63, 3.8) is 0 Å². The molecule has 0 fully saturated rings. The Kier molecular flexibility index (Phi) is 5.37. The number of carbonyl (C=O) groups is 1. The van der Waals surface area contributed by atoms with Crippen LogP contribution in [0.4, 0.5) is 32.3 Å². The number of hydrogen-bond acceptors (Lipinski definition) is 5. The highest BCUT2D eigenvalue weighted by Gasteiger charge is 2.37. The fourth-order valence-corrected chi connectivity index (χ4v) is 2.64. The fourth-order valence-electron chi connectivity index (χ4n) is 2.64. The Hall–Kier alpha value is -3.64. The monoisotopic (exact) mass is 430 g/mol. The second kappa shape index (κ2) is 7.65. The number of hydrogen-bond donors (Lipinski definition) is 3. The van der Waals surface area contributed by atoms with Crippen molar-refractivity contribution in [3.05, 3.63) is 70.8 Å². The number of nitrogens with two attached hydrogens (primary N) is 1. The van der Waals surface area contributed by atoms with Crippen molar-refractivity contribution in [2.45, 2.75) is 18.4 Å². The quantitative estimate of drug-likeness (QED) is 0.550. The average molecular weight is 430 g/mol. The number of halogens is 6. The Morgan fingerprint density at radius 2 is 1.70 bits per heavy atom. The van der Waals surface area contributed by atoms with E-state index < -0.39 is 46.9 Å². The Labute approximate surface area is 164 Å². The van der Waals surface area contributed by atoms with E-state index in [1.54, 1.807) is 0 Å². The molecule has 3 aromatic rings. The number of pyridine rings is 1. The van der Waals surface area contributed by atoms with Gasteiger partial charge in [0.15, 0.2) is 0 Å². The molecule has 30 heavy (non-hydrogen) atoms. The summed E-state index contributed by atoms with van der Waals surface area (Å²) in [5.74, 6) is -1.66. The summed E-state index contributed by atoms with van der Waals surface area (Å²) in [6, 6.07) is 3.56. The van der Waals surface area contributed by atoms with Crippen molar-refractivity contribution in [2.24, 2.45) is 0 Å². The van der Waals surface area contributed by atoms with Crippen LogP contribution in [-0.2, 0) is 12.4 Å². The second-order valence-corrected chi connectivity index (χ2v) is 6.00. The average Bonchev–Trinajstić information content (AvgIpc) is 3.11. The van der Waals surface area contributed by atoms with E-state index in [2.05, 4.69) is 25.5 Å². The van der Waals surface area contributed by atoms with Gasteiger partial charge in [0.2, 0.25) is 11.8 Å². The van der Waals surface area contributed by atoms with Crippen LogP contribution in [0.2, 0.25) is 0 Å². The molecule has 1 amide bonds. The van der Waals surface area contributed by atoms with Crippen LogP contribution in [0.1, 0.15) is 39.0 Å². The number of nitrogen functional groups attached to an aromatic ring is 1. The van der Waals surface area contributed by atoms with Crippen LogP contribution in [0.3, 0.4) is 0 Å². The van der Waals surface area contributed by atoms with Crippen molar-refractivity contribution < 1.29 is 31.1 Å². The molecular formula is C17H12F6N6O. The molecule has 1 atom stereocenters. The normalized spacial score (nSPS) is 13.1. The third-order valence-corrected chi connectivity index (χ3v) is 3.98. The molecule has 0 aliphatic rings. The van der Waals surface area contributed by atoms with Crippen LogP contribution >= 0.6 is 0 Å². The summed E-state index contributed by atoms with van der Waals surface area (Å²) in [6.07, 6.45) is -8.40. The Morgan fingerprint density at radius 3 is 2.23 bits per heavy atom. The van der Waals surface area contributed by atoms with Gasteiger partial charge in [0, 0.05) is 6.20 Å². The molecule has 0 bridgehead atoms. The summed E-state index contributed by atoms with van der Waals surface area (Å²) < 4.78 is 78.9. The zero-order chi connectivity index (χ0) is 22.1. The highest BCUT2D eigenvalue weighted by molar-refractivity contribution is 5.91. The largest absolute Gasteiger partial charge is 0.418 e. The van der Waals surface area contributed by atoms with Crippen molar-refractivity contribution in [3.8, 4) is 0 Å². The van der Waals surface area contributed by atoms with E-state index in [0.717, 1.165) is 30.5 Å². The molecule has 0 radical (unpaired) electrons. The lowest BCUT2D eigenvalue weighted by Gasteiger charge is -2.22. The molecule has 0 spiro atoms. The van der Waals surface area contributed by atoms with Gasteiger partial charge in [-0.25, -0.2) is 0 Å². The molecule has 7 nitrogen and oxygen atoms in total. The minimum Gasteiger partial charge on any atom is -0.366 e. The van der Waals surface area contributed by atoms with Gasteiger partial charge < -0.3 is 11.1 Å². The van der Waals surface area contributed by atoms with Gasteiger partial charge in [-0.1, -0.05) is 12.1 Å². The summed E-state index contributed by atoms with van der Waals surface area (Å²) in [4.78, 5) is 19.7. The molecule has 2 aromatic heterocycles. The number of nitrogens with zero attached hydrogens (tertiary/aromatic N) is 3. The predicted octanol–water partition coefficient (Wildman–Crippen LogP) is 3.34. The number of H-pyrrole nitrogens is 1. The van der Waals surface area contributed by atoms with E-state index in [9.17, 15) is 31.1 Å². The van der Waals surface area contributed by atoms with Crippen LogP contribution in [0.5, 0.6) is 0 Å². The van der Waals surface area contributed by atoms with Gasteiger partial charge in [-0.05, 0) is 29.8 Å². The fraction of sp³-hybridized carbons (Fsp3) is 0.176. The number of aromatic nitrogens is 4. The minimum atomic E-state index is -4.82. The maximum absolute atomic E-state index is 13.5. The number of anilines is 1. The van der Waals surface area contributed by atoms with Gasteiger partial charge in [-0.15, -0.1) is 5.10 Å². The number of carbonyl (C=O) groups excluding carboxylic acids is 1. The van der Waals surface area contributed by atoms with Crippen molar-refractivity contribution >= 4 is 11.9 Å². The van der Waals surface area contributed by atoms with E-state index in [4.69, 9.17) is 5.73 Å². The number of rotatable bonds is 4. The first kappa shape index (κ1) is 21.1. The number of aromatic amines is 1.